The quantitative estimate of drug-likeness (QED) is 0.750. The van der Waals surface area contributed by atoms with Crippen LogP contribution in [0.1, 0.15) is 24.3 Å². The summed E-state index contributed by atoms with van der Waals surface area (Å²) in [6.45, 7) is 1.20. The zero-order valence-corrected chi connectivity index (χ0v) is 17.1. The maximum absolute atomic E-state index is 14.8. The van der Waals surface area contributed by atoms with Crippen molar-refractivity contribution in [1.82, 2.24) is 9.62 Å². The molecule has 1 heterocycles. The second-order valence-electron chi connectivity index (χ2n) is 7.47. The number of carbonyl (C=O) groups excluding carboxylic acids is 1. The molecule has 0 aromatic heterocycles. The van der Waals surface area contributed by atoms with E-state index in [0.29, 0.717) is 30.1 Å². The predicted molar refractivity (Wildman–Crippen MR) is 110 cm³/mol. The second-order valence-corrected chi connectivity index (χ2v) is 9.02. The van der Waals surface area contributed by atoms with Crippen molar-refractivity contribution in [2.75, 3.05) is 19.3 Å². The molecule has 2 fully saturated rings. The van der Waals surface area contributed by atoms with E-state index in [2.05, 4.69) is 4.72 Å². The zero-order chi connectivity index (χ0) is 19.8. The second kappa shape index (κ2) is 8.03. The van der Waals surface area contributed by atoms with Crippen molar-refractivity contribution >= 4 is 28.9 Å². The Morgan fingerprint density at radius 2 is 2.00 bits per heavy atom. The summed E-state index contributed by atoms with van der Waals surface area (Å²) in [6.07, 6.45) is 3.02. The number of nitrogens with one attached hydrogen (secondary N) is 1. The summed E-state index contributed by atoms with van der Waals surface area (Å²) >= 11 is 5.24. The van der Waals surface area contributed by atoms with Crippen molar-refractivity contribution in [2.45, 2.75) is 24.8 Å². The largest absolute Gasteiger partial charge is 0.598 e. The number of hydrogen-bond donors (Lipinski definition) is 1. The van der Waals surface area contributed by atoms with E-state index in [1.807, 2.05) is 29.2 Å². The van der Waals surface area contributed by atoms with Crippen LogP contribution in [-0.2, 0) is 16.2 Å². The molecule has 1 saturated carbocycles. The third-order valence-electron chi connectivity index (χ3n) is 5.53. The minimum absolute atomic E-state index is 0.0548. The normalized spacial score (nSPS) is 25.0. The van der Waals surface area contributed by atoms with Gasteiger partial charge >= 0.3 is 0 Å². The molecule has 2 aromatic rings. The SMILES string of the molecule is C[S+]([O-])NC1CCN(C(=O)C2CC2c2c(F)cccc2-c2ccccc2Cl)C1. The fraction of sp³-hybridized carbons (Fsp3) is 0.381. The highest BCUT2D eigenvalue weighted by molar-refractivity contribution is 7.88. The fourth-order valence-electron chi connectivity index (χ4n) is 4.14. The van der Waals surface area contributed by atoms with Gasteiger partial charge < -0.3 is 9.45 Å². The molecule has 1 N–H and O–H groups in total. The molecular formula is C21H22ClFN2O2S. The van der Waals surface area contributed by atoms with Gasteiger partial charge in [0.1, 0.15) is 12.1 Å². The third kappa shape index (κ3) is 3.92. The lowest BCUT2D eigenvalue weighted by Crippen LogP contribution is -2.38. The Hall–Kier alpha value is -1.60. The molecule has 4 rings (SSSR count). The van der Waals surface area contributed by atoms with Crippen molar-refractivity contribution in [3.63, 3.8) is 0 Å². The Bertz CT molecular complexity index is 894. The molecular weight excluding hydrogens is 399 g/mol. The number of halogens is 2. The monoisotopic (exact) mass is 420 g/mol. The molecule has 7 heteroatoms. The highest BCUT2D eigenvalue weighted by atomic mass is 35.5. The highest BCUT2D eigenvalue weighted by Crippen LogP contribution is 2.52. The van der Waals surface area contributed by atoms with E-state index in [0.717, 1.165) is 17.5 Å². The van der Waals surface area contributed by atoms with Crippen LogP contribution in [0.2, 0.25) is 5.02 Å². The molecule has 1 amide bonds. The molecule has 2 aliphatic rings. The minimum atomic E-state index is -1.10. The van der Waals surface area contributed by atoms with Crippen molar-refractivity contribution in [3.05, 3.63) is 58.9 Å². The van der Waals surface area contributed by atoms with Gasteiger partial charge in [0, 0.05) is 41.0 Å². The van der Waals surface area contributed by atoms with Crippen LogP contribution >= 0.6 is 11.6 Å². The fourth-order valence-corrected chi connectivity index (χ4v) is 5.04. The van der Waals surface area contributed by atoms with Gasteiger partial charge in [0.05, 0.1) is 6.04 Å². The number of benzene rings is 2. The van der Waals surface area contributed by atoms with Gasteiger partial charge in [-0.3, -0.25) is 4.79 Å². The summed E-state index contributed by atoms with van der Waals surface area (Å²) in [5.74, 6) is -0.569. The van der Waals surface area contributed by atoms with Gasteiger partial charge in [-0.25, -0.2) is 4.39 Å². The zero-order valence-electron chi connectivity index (χ0n) is 15.5. The summed E-state index contributed by atoms with van der Waals surface area (Å²) in [7, 11) is 0. The number of rotatable bonds is 5. The summed E-state index contributed by atoms with van der Waals surface area (Å²) < 4.78 is 29.1. The Kier molecular flexibility index (Phi) is 5.65. The van der Waals surface area contributed by atoms with Gasteiger partial charge in [-0.05, 0) is 42.0 Å². The van der Waals surface area contributed by atoms with E-state index < -0.39 is 11.4 Å². The first kappa shape index (κ1) is 19.7. The number of nitrogens with zero attached hydrogens (tertiary/aromatic N) is 1. The summed E-state index contributed by atoms with van der Waals surface area (Å²) in [5, 5.41) is 0.568. The van der Waals surface area contributed by atoms with Gasteiger partial charge in [0.2, 0.25) is 5.91 Å². The Balaban J connectivity index is 1.53. The lowest BCUT2D eigenvalue weighted by Gasteiger charge is -2.18. The van der Waals surface area contributed by atoms with E-state index >= 15 is 0 Å². The summed E-state index contributed by atoms with van der Waals surface area (Å²) in [6, 6.07) is 12.4. The van der Waals surface area contributed by atoms with Gasteiger partial charge in [-0.15, -0.1) is 4.72 Å². The first-order chi connectivity index (χ1) is 13.5. The molecule has 4 atom stereocenters. The van der Waals surface area contributed by atoms with Crippen LogP contribution in [0.4, 0.5) is 4.39 Å². The average molecular weight is 421 g/mol. The van der Waals surface area contributed by atoms with Crippen LogP contribution in [0.15, 0.2) is 42.5 Å². The van der Waals surface area contributed by atoms with Gasteiger partial charge in [0.15, 0.2) is 0 Å². The van der Waals surface area contributed by atoms with E-state index in [1.54, 1.807) is 18.4 Å². The molecule has 0 spiro atoms. The first-order valence-corrected chi connectivity index (χ1v) is 11.3. The Morgan fingerprint density at radius 1 is 1.25 bits per heavy atom. The van der Waals surface area contributed by atoms with Crippen LogP contribution in [0.3, 0.4) is 0 Å². The predicted octanol–water partition coefficient (Wildman–Crippen LogP) is 3.73. The summed E-state index contributed by atoms with van der Waals surface area (Å²) in [4.78, 5) is 14.7. The van der Waals surface area contributed by atoms with Gasteiger partial charge in [0.25, 0.3) is 0 Å². The number of hydrogen-bond acceptors (Lipinski definition) is 3. The molecule has 148 valence electrons. The van der Waals surface area contributed by atoms with Gasteiger partial charge in [-0.2, -0.15) is 0 Å². The molecule has 0 radical (unpaired) electrons. The van der Waals surface area contributed by atoms with E-state index in [9.17, 15) is 13.7 Å². The van der Waals surface area contributed by atoms with Crippen molar-refractivity contribution in [2.24, 2.45) is 5.92 Å². The summed E-state index contributed by atoms with van der Waals surface area (Å²) in [5.41, 5.74) is 2.12. The smallest absolute Gasteiger partial charge is 0.226 e. The molecule has 0 bridgehead atoms. The Labute approximate surface area is 172 Å². The van der Waals surface area contributed by atoms with Crippen LogP contribution in [0.5, 0.6) is 0 Å². The Morgan fingerprint density at radius 3 is 2.75 bits per heavy atom. The van der Waals surface area contributed by atoms with Crippen molar-refractivity contribution < 1.29 is 13.7 Å². The number of carbonyl (C=O) groups is 1. The molecule has 1 aliphatic heterocycles. The molecule has 4 unspecified atom stereocenters. The molecule has 4 nitrogen and oxygen atoms in total. The standard InChI is InChI=1S/C21H22ClFN2O2S/c1-28(27)24-13-9-10-25(12-13)21(26)17-11-16(17)20-15(6-4-8-19(20)23)14-5-2-3-7-18(14)22/h2-8,13,16-17,24H,9-12H2,1H3. The number of likely N-dealkylation sites (tertiary alicyclic amines) is 1. The maximum Gasteiger partial charge on any atom is 0.226 e. The first-order valence-electron chi connectivity index (χ1n) is 9.37. The molecule has 1 saturated heterocycles. The van der Waals surface area contributed by atoms with E-state index in [1.165, 1.54) is 6.07 Å². The van der Waals surface area contributed by atoms with Crippen LogP contribution < -0.4 is 4.72 Å². The minimum Gasteiger partial charge on any atom is -0.598 e. The highest BCUT2D eigenvalue weighted by Gasteiger charge is 2.49. The lowest BCUT2D eigenvalue weighted by atomic mass is 9.95. The van der Waals surface area contributed by atoms with Gasteiger partial charge in [-0.1, -0.05) is 41.9 Å². The van der Waals surface area contributed by atoms with E-state index in [4.69, 9.17) is 11.6 Å². The third-order valence-corrected chi connectivity index (χ3v) is 6.52. The number of amides is 1. The lowest BCUT2D eigenvalue weighted by molar-refractivity contribution is -0.131. The van der Waals surface area contributed by atoms with E-state index in [-0.39, 0.29) is 29.6 Å². The van der Waals surface area contributed by atoms with Crippen molar-refractivity contribution in [3.8, 4) is 11.1 Å². The van der Waals surface area contributed by atoms with Crippen LogP contribution in [0.25, 0.3) is 11.1 Å². The molecule has 1 aliphatic carbocycles. The van der Waals surface area contributed by atoms with Crippen molar-refractivity contribution in [1.29, 1.82) is 0 Å². The van der Waals surface area contributed by atoms with Crippen LogP contribution in [0, 0.1) is 11.7 Å². The molecule has 2 aromatic carbocycles. The molecule has 28 heavy (non-hydrogen) atoms. The maximum atomic E-state index is 14.8. The average Bonchev–Trinajstić information content (AvgIpc) is 3.31. The van der Waals surface area contributed by atoms with Crippen LogP contribution in [-0.4, -0.2) is 40.7 Å². The topological polar surface area (TPSA) is 55.4 Å².